The number of benzene rings is 3. The highest BCUT2D eigenvalue weighted by Gasteiger charge is 2.24. The second-order valence-electron chi connectivity index (χ2n) is 6.57. The largest absolute Gasteiger partial charge is 0.455 e. The summed E-state index contributed by atoms with van der Waals surface area (Å²) in [5, 5.41) is 5.18. The van der Waals surface area contributed by atoms with Crippen LogP contribution in [0.1, 0.15) is 27.4 Å². The molecular weight excluding hydrogens is 380 g/mol. The molecule has 0 radical (unpaired) electrons. The van der Waals surface area contributed by atoms with Crippen molar-refractivity contribution in [2.75, 3.05) is 19.0 Å². The average molecular weight is 402 g/mol. The fourth-order valence-corrected chi connectivity index (χ4v) is 3.02. The van der Waals surface area contributed by atoms with E-state index in [1.54, 1.807) is 31.3 Å². The second kappa shape index (κ2) is 10.0. The Morgan fingerprint density at radius 3 is 1.83 bits per heavy atom. The third-order valence-corrected chi connectivity index (χ3v) is 4.50. The summed E-state index contributed by atoms with van der Waals surface area (Å²) in [5.41, 5.74) is 2.57. The molecule has 6 heteroatoms. The van der Waals surface area contributed by atoms with Gasteiger partial charge >= 0.3 is 5.97 Å². The zero-order valence-electron chi connectivity index (χ0n) is 16.5. The summed E-state index contributed by atoms with van der Waals surface area (Å²) in [6, 6.07) is 25.0. The van der Waals surface area contributed by atoms with Gasteiger partial charge in [-0.25, -0.2) is 0 Å². The van der Waals surface area contributed by atoms with E-state index in [0.717, 1.165) is 11.1 Å². The lowest BCUT2D eigenvalue weighted by molar-refractivity contribution is -0.147. The van der Waals surface area contributed by atoms with E-state index in [9.17, 15) is 14.4 Å². The molecule has 0 saturated carbocycles. The maximum Gasteiger partial charge on any atom is 0.318 e. The van der Waals surface area contributed by atoms with Gasteiger partial charge < -0.3 is 15.4 Å². The molecule has 0 heterocycles. The Balaban J connectivity index is 1.64. The van der Waals surface area contributed by atoms with Crippen LogP contribution < -0.4 is 10.6 Å². The van der Waals surface area contributed by atoms with Gasteiger partial charge in [0, 0.05) is 18.3 Å². The molecule has 0 aliphatic carbocycles. The van der Waals surface area contributed by atoms with Crippen LogP contribution in [0.15, 0.2) is 84.9 Å². The molecule has 6 nitrogen and oxygen atoms in total. The Morgan fingerprint density at radius 1 is 0.800 bits per heavy atom. The van der Waals surface area contributed by atoms with E-state index in [1.807, 2.05) is 60.7 Å². The van der Waals surface area contributed by atoms with Crippen LogP contribution in [-0.2, 0) is 14.3 Å². The van der Waals surface area contributed by atoms with Gasteiger partial charge in [-0.3, -0.25) is 14.4 Å². The third-order valence-electron chi connectivity index (χ3n) is 4.50. The first-order valence-electron chi connectivity index (χ1n) is 9.47. The number of esters is 1. The van der Waals surface area contributed by atoms with Crippen LogP contribution >= 0.6 is 0 Å². The van der Waals surface area contributed by atoms with Gasteiger partial charge in [0.1, 0.15) is 5.92 Å². The van der Waals surface area contributed by atoms with Crippen LogP contribution in [0, 0.1) is 0 Å². The van der Waals surface area contributed by atoms with Gasteiger partial charge in [0.25, 0.3) is 11.8 Å². The normalized spacial score (nSPS) is 10.3. The molecule has 0 aromatic heterocycles. The first kappa shape index (κ1) is 20.8. The molecule has 0 saturated heterocycles. The number of hydrogen-bond donors (Lipinski definition) is 2. The van der Waals surface area contributed by atoms with Crippen molar-refractivity contribution in [2.24, 2.45) is 0 Å². The molecule has 2 N–H and O–H groups in total. The minimum absolute atomic E-state index is 0.213. The molecule has 0 atom stereocenters. The predicted octanol–water partition coefficient (Wildman–Crippen LogP) is 3.36. The third kappa shape index (κ3) is 5.32. The van der Waals surface area contributed by atoms with Crippen molar-refractivity contribution in [3.8, 4) is 0 Å². The van der Waals surface area contributed by atoms with Crippen molar-refractivity contribution in [1.29, 1.82) is 0 Å². The Bertz CT molecular complexity index is 963. The van der Waals surface area contributed by atoms with Crippen LogP contribution in [0.2, 0.25) is 0 Å². The molecule has 3 aromatic rings. The molecule has 3 aromatic carbocycles. The van der Waals surface area contributed by atoms with Gasteiger partial charge in [-0.15, -0.1) is 0 Å². The average Bonchev–Trinajstić information content (AvgIpc) is 2.79. The number of amides is 2. The molecular formula is C24H22N2O4. The fourth-order valence-electron chi connectivity index (χ4n) is 3.02. The quantitative estimate of drug-likeness (QED) is 0.594. The molecule has 30 heavy (non-hydrogen) atoms. The van der Waals surface area contributed by atoms with E-state index in [-0.39, 0.29) is 5.91 Å². The van der Waals surface area contributed by atoms with Gasteiger partial charge in [0.2, 0.25) is 0 Å². The van der Waals surface area contributed by atoms with Gasteiger partial charge in [0.15, 0.2) is 6.61 Å². The number of rotatable bonds is 7. The molecule has 0 spiro atoms. The van der Waals surface area contributed by atoms with E-state index in [1.165, 1.54) is 0 Å². The highest BCUT2D eigenvalue weighted by Crippen LogP contribution is 2.26. The molecule has 0 fully saturated rings. The van der Waals surface area contributed by atoms with Crippen molar-refractivity contribution >= 4 is 23.5 Å². The lowest BCUT2D eigenvalue weighted by Crippen LogP contribution is -2.24. The maximum atomic E-state index is 12.8. The van der Waals surface area contributed by atoms with Gasteiger partial charge in [-0.05, 0) is 35.4 Å². The summed E-state index contributed by atoms with van der Waals surface area (Å²) in [5.74, 6) is -1.80. The van der Waals surface area contributed by atoms with Crippen molar-refractivity contribution < 1.29 is 19.1 Å². The fraction of sp³-hybridized carbons (Fsp3) is 0.125. The Morgan fingerprint density at radius 2 is 1.33 bits per heavy atom. The van der Waals surface area contributed by atoms with E-state index >= 15 is 0 Å². The van der Waals surface area contributed by atoms with Crippen LogP contribution in [0.4, 0.5) is 5.69 Å². The van der Waals surface area contributed by atoms with Crippen molar-refractivity contribution in [3.05, 3.63) is 102 Å². The molecule has 0 unspecified atom stereocenters. The maximum absolute atomic E-state index is 12.8. The Kier molecular flexibility index (Phi) is 6.95. The van der Waals surface area contributed by atoms with Crippen LogP contribution in [0.3, 0.4) is 0 Å². The number of carbonyl (C=O) groups excluding carboxylic acids is 3. The zero-order chi connectivity index (χ0) is 21.3. The highest BCUT2D eigenvalue weighted by atomic mass is 16.5. The van der Waals surface area contributed by atoms with Crippen molar-refractivity contribution in [2.45, 2.75) is 5.92 Å². The highest BCUT2D eigenvalue weighted by molar-refractivity contribution is 5.96. The molecule has 0 bridgehead atoms. The topological polar surface area (TPSA) is 84.5 Å². The van der Waals surface area contributed by atoms with Crippen LogP contribution in [0.5, 0.6) is 0 Å². The molecule has 0 aliphatic rings. The van der Waals surface area contributed by atoms with Gasteiger partial charge in [-0.2, -0.15) is 0 Å². The SMILES string of the molecule is CNC(=O)c1ccc(NC(=O)COC(=O)C(c2ccccc2)c2ccccc2)cc1. The zero-order valence-corrected chi connectivity index (χ0v) is 16.5. The minimum Gasteiger partial charge on any atom is -0.455 e. The molecule has 3 rings (SSSR count). The van der Waals surface area contributed by atoms with Crippen LogP contribution in [0.25, 0.3) is 0 Å². The van der Waals surface area contributed by atoms with Crippen molar-refractivity contribution in [1.82, 2.24) is 5.32 Å². The Hall–Kier alpha value is -3.93. The lowest BCUT2D eigenvalue weighted by atomic mass is 9.91. The standard InChI is InChI=1S/C24H22N2O4/c1-25-23(28)19-12-14-20(15-13-19)26-21(27)16-30-24(29)22(17-8-4-2-5-9-17)18-10-6-3-7-11-18/h2-15,22H,16H2,1H3,(H,25,28)(H,26,27). The summed E-state index contributed by atoms with van der Waals surface area (Å²) in [6.45, 7) is -0.411. The van der Waals surface area contributed by atoms with Gasteiger partial charge in [-0.1, -0.05) is 60.7 Å². The summed E-state index contributed by atoms with van der Waals surface area (Å²) >= 11 is 0. The summed E-state index contributed by atoms with van der Waals surface area (Å²) < 4.78 is 5.31. The van der Waals surface area contributed by atoms with Crippen LogP contribution in [-0.4, -0.2) is 31.4 Å². The first-order chi connectivity index (χ1) is 14.6. The van der Waals surface area contributed by atoms with Crippen molar-refractivity contribution in [3.63, 3.8) is 0 Å². The van der Waals surface area contributed by atoms with Gasteiger partial charge in [0.05, 0.1) is 0 Å². The summed E-state index contributed by atoms with van der Waals surface area (Å²) in [4.78, 5) is 36.6. The summed E-state index contributed by atoms with van der Waals surface area (Å²) in [7, 11) is 1.55. The molecule has 2 amide bonds. The number of anilines is 1. The number of ether oxygens (including phenoxy) is 1. The van der Waals surface area contributed by atoms with E-state index in [0.29, 0.717) is 11.3 Å². The molecule has 152 valence electrons. The number of nitrogens with one attached hydrogen (secondary N) is 2. The van der Waals surface area contributed by atoms with E-state index in [2.05, 4.69) is 10.6 Å². The smallest absolute Gasteiger partial charge is 0.318 e. The second-order valence-corrected chi connectivity index (χ2v) is 6.57. The molecule has 0 aliphatic heterocycles. The summed E-state index contributed by atoms with van der Waals surface area (Å²) in [6.07, 6.45) is 0. The van der Waals surface area contributed by atoms with E-state index < -0.39 is 24.4 Å². The predicted molar refractivity (Wildman–Crippen MR) is 114 cm³/mol. The number of carbonyl (C=O) groups is 3. The Labute approximate surface area is 174 Å². The number of hydrogen-bond acceptors (Lipinski definition) is 4. The lowest BCUT2D eigenvalue weighted by Gasteiger charge is -2.17. The van der Waals surface area contributed by atoms with E-state index in [4.69, 9.17) is 4.74 Å². The minimum atomic E-state index is -0.618. The first-order valence-corrected chi connectivity index (χ1v) is 9.47. The monoisotopic (exact) mass is 402 g/mol.